The molecule has 0 saturated carbocycles. The van der Waals surface area contributed by atoms with E-state index < -0.39 is 30.1 Å². The second kappa shape index (κ2) is 10.7. The van der Waals surface area contributed by atoms with Gasteiger partial charge in [0.1, 0.15) is 6.61 Å². The average molecular weight is 317 g/mol. The molecule has 0 aliphatic rings. The lowest BCUT2D eigenvalue weighted by Crippen LogP contribution is -2.45. The Kier molecular flexibility index (Phi) is 9.80. The maximum Gasteiger partial charge on any atom is 0.333 e. The van der Waals surface area contributed by atoms with Crippen LogP contribution < -0.4 is 5.32 Å². The van der Waals surface area contributed by atoms with Crippen molar-refractivity contribution in [1.29, 1.82) is 0 Å². The molecule has 0 spiro atoms. The van der Waals surface area contributed by atoms with E-state index in [0.29, 0.717) is 0 Å². The fraction of sp³-hybridized carbons (Fsp3) is 0.643. The molecule has 0 bridgehead atoms. The van der Waals surface area contributed by atoms with Gasteiger partial charge in [0, 0.05) is 12.2 Å². The molecule has 2 unspecified atom stereocenters. The number of aliphatic hydroxyl groups is 1. The van der Waals surface area contributed by atoms with Gasteiger partial charge in [-0.3, -0.25) is 9.59 Å². The van der Waals surface area contributed by atoms with Gasteiger partial charge >= 0.3 is 11.9 Å². The lowest BCUT2D eigenvalue weighted by molar-refractivity contribution is -0.178. The number of carbonyl (C=O) groups excluding carboxylic acids is 3. The highest BCUT2D eigenvalue weighted by Crippen LogP contribution is 2.09. The standard InChI is InChI=1S/C14H23NO7/c1-5-20-13(18)10(14(19)21-6-2)11(16)15-7-8-22-12(17)9(3)4/h10,13,18H,3,5-8H2,1-2,4H3,(H,15,16). The molecule has 0 fully saturated rings. The number of carbonyl (C=O) groups is 3. The van der Waals surface area contributed by atoms with Gasteiger partial charge in [0.05, 0.1) is 13.2 Å². The van der Waals surface area contributed by atoms with Crippen LogP contribution in [0.3, 0.4) is 0 Å². The quantitative estimate of drug-likeness (QED) is 0.188. The van der Waals surface area contributed by atoms with Gasteiger partial charge in [-0.15, -0.1) is 0 Å². The lowest BCUT2D eigenvalue weighted by Gasteiger charge is -2.20. The Balaban J connectivity index is 4.47. The molecule has 0 aliphatic heterocycles. The first kappa shape index (κ1) is 20.1. The van der Waals surface area contributed by atoms with Gasteiger partial charge in [0.15, 0.2) is 12.2 Å². The van der Waals surface area contributed by atoms with E-state index in [4.69, 9.17) is 14.2 Å². The molecule has 0 saturated heterocycles. The molecule has 8 heteroatoms. The Morgan fingerprint density at radius 2 is 1.82 bits per heavy atom. The van der Waals surface area contributed by atoms with Crippen molar-refractivity contribution in [2.24, 2.45) is 5.92 Å². The summed E-state index contributed by atoms with van der Waals surface area (Å²) in [4.78, 5) is 34.8. The van der Waals surface area contributed by atoms with Gasteiger partial charge in [-0.1, -0.05) is 6.58 Å². The Labute approximate surface area is 129 Å². The zero-order chi connectivity index (χ0) is 17.1. The number of amides is 1. The molecule has 1 amide bonds. The molecule has 2 N–H and O–H groups in total. The van der Waals surface area contributed by atoms with Gasteiger partial charge < -0.3 is 24.6 Å². The van der Waals surface area contributed by atoms with Crippen molar-refractivity contribution in [3.05, 3.63) is 12.2 Å². The normalized spacial score (nSPS) is 12.9. The molecule has 0 rings (SSSR count). The Morgan fingerprint density at radius 1 is 1.18 bits per heavy atom. The first-order valence-corrected chi connectivity index (χ1v) is 6.91. The number of ether oxygens (including phenoxy) is 3. The van der Waals surface area contributed by atoms with Crippen LogP contribution in [0.4, 0.5) is 0 Å². The Hall–Kier alpha value is -1.93. The van der Waals surface area contributed by atoms with Crippen LogP contribution in [0.25, 0.3) is 0 Å². The number of nitrogens with one attached hydrogen (secondary N) is 1. The SMILES string of the molecule is C=C(C)C(=O)OCCNC(=O)C(C(=O)OCC)C(O)OCC. The van der Waals surface area contributed by atoms with E-state index in [0.717, 1.165) is 0 Å². The molecule has 22 heavy (non-hydrogen) atoms. The predicted molar refractivity (Wildman–Crippen MR) is 76.5 cm³/mol. The van der Waals surface area contributed by atoms with Crippen LogP contribution >= 0.6 is 0 Å². The molecular weight excluding hydrogens is 294 g/mol. The minimum Gasteiger partial charge on any atom is -0.465 e. The lowest BCUT2D eigenvalue weighted by atomic mass is 10.1. The van der Waals surface area contributed by atoms with Crippen molar-refractivity contribution in [1.82, 2.24) is 5.32 Å². The van der Waals surface area contributed by atoms with E-state index in [9.17, 15) is 19.5 Å². The minimum atomic E-state index is -1.61. The van der Waals surface area contributed by atoms with Crippen LogP contribution in [-0.2, 0) is 28.6 Å². The largest absolute Gasteiger partial charge is 0.465 e. The van der Waals surface area contributed by atoms with E-state index in [2.05, 4.69) is 11.9 Å². The number of rotatable bonds is 10. The smallest absolute Gasteiger partial charge is 0.333 e. The predicted octanol–water partition coefficient (Wildman–Crippen LogP) is -0.244. The third-order valence-corrected chi connectivity index (χ3v) is 2.43. The summed E-state index contributed by atoms with van der Waals surface area (Å²) in [6, 6.07) is 0. The highest BCUT2D eigenvalue weighted by molar-refractivity contribution is 5.98. The summed E-state index contributed by atoms with van der Waals surface area (Å²) >= 11 is 0. The second-order valence-electron chi connectivity index (χ2n) is 4.28. The molecular formula is C14H23NO7. The monoisotopic (exact) mass is 317 g/mol. The Bertz CT molecular complexity index is 408. The minimum absolute atomic E-state index is 0.0212. The molecule has 0 aliphatic carbocycles. The summed E-state index contributed by atoms with van der Waals surface area (Å²) in [7, 11) is 0. The zero-order valence-electron chi connectivity index (χ0n) is 13.1. The van der Waals surface area contributed by atoms with E-state index in [-0.39, 0.29) is 31.9 Å². The molecule has 2 atom stereocenters. The highest BCUT2D eigenvalue weighted by Gasteiger charge is 2.35. The second-order valence-corrected chi connectivity index (χ2v) is 4.28. The molecule has 0 aromatic heterocycles. The van der Waals surface area contributed by atoms with Crippen LogP contribution in [0.5, 0.6) is 0 Å². The van der Waals surface area contributed by atoms with Gasteiger partial charge in [-0.05, 0) is 20.8 Å². The summed E-state index contributed by atoms with van der Waals surface area (Å²) in [5.74, 6) is -3.74. The van der Waals surface area contributed by atoms with Crippen molar-refractivity contribution in [2.75, 3.05) is 26.4 Å². The van der Waals surface area contributed by atoms with Crippen molar-refractivity contribution in [2.45, 2.75) is 27.1 Å². The van der Waals surface area contributed by atoms with E-state index in [1.807, 2.05) is 0 Å². The summed E-state index contributed by atoms with van der Waals surface area (Å²) < 4.78 is 14.4. The molecule has 0 heterocycles. The maximum absolute atomic E-state index is 11.9. The van der Waals surface area contributed by atoms with E-state index in [1.54, 1.807) is 13.8 Å². The Morgan fingerprint density at radius 3 is 2.32 bits per heavy atom. The van der Waals surface area contributed by atoms with Crippen LogP contribution in [0.2, 0.25) is 0 Å². The molecule has 8 nitrogen and oxygen atoms in total. The summed E-state index contributed by atoms with van der Waals surface area (Å²) in [6.45, 7) is 8.19. The van der Waals surface area contributed by atoms with Crippen molar-refractivity contribution in [3.63, 3.8) is 0 Å². The topological polar surface area (TPSA) is 111 Å². The fourth-order valence-electron chi connectivity index (χ4n) is 1.40. The third kappa shape index (κ3) is 7.19. The van der Waals surface area contributed by atoms with Crippen LogP contribution in [0, 0.1) is 5.92 Å². The third-order valence-electron chi connectivity index (χ3n) is 2.43. The first-order chi connectivity index (χ1) is 10.3. The van der Waals surface area contributed by atoms with Crippen LogP contribution in [0.15, 0.2) is 12.2 Å². The summed E-state index contributed by atoms with van der Waals surface area (Å²) in [5, 5.41) is 12.1. The van der Waals surface area contributed by atoms with E-state index >= 15 is 0 Å². The first-order valence-electron chi connectivity index (χ1n) is 6.91. The molecule has 0 aromatic carbocycles. The van der Waals surface area contributed by atoms with Gasteiger partial charge in [0.2, 0.25) is 5.91 Å². The molecule has 0 aromatic rings. The fourth-order valence-corrected chi connectivity index (χ4v) is 1.40. The van der Waals surface area contributed by atoms with Gasteiger partial charge in [-0.2, -0.15) is 0 Å². The number of esters is 2. The molecule has 126 valence electrons. The average Bonchev–Trinajstić information content (AvgIpc) is 2.44. The van der Waals surface area contributed by atoms with E-state index in [1.165, 1.54) is 6.92 Å². The van der Waals surface area contributed by atoms with Gasteiger partial charge in [-0.25, -0.2) is 4.79 Å². The van der Waals surface area contributed by atoms with Crippen LogP contribution in [-0.4, -0.2) is 55.6 Å². The van der Waals surface area contributed by atoms with Crippen LogP contribution in [0.1, 0.15) is 20.8 Å². The summed E-state index contributed by atoms with van der Waals surface area (Å²) in [5.41, 5.74) is 0.238. The molecule has 0 radical (unpaired) electrons. The van der Waals surface area contributed by atoms with Crippen molar-refractivity contribution >= 4 is 17.8 Å². The van der Waals surface area contributed by atoms with Crippen molar-refractivity contribution < 1.29 is 33.7 Å². The number of hydrogen-bond donors (Lipinski definition) is 2. The number of hydrogen-bond acceptors (Lipinski definition) is 7. The summed E-state index contributed by atoms with van der Waals surface area (Å²) in [6.07, 6.45) is -1.61. The zero-order valence-corrected chi connectivity index (χ0v) is 13.1. The van der Waals surface area contributed by atoms with Crippen molar-refractivity contribution in [3.8, 4) is 0 Å². The van der Waals surface area contributed by atoms with Gasteiger partial charge in [0.25, 0.3) is 0 Å². The maximum atomic E-state index is 11.9. The number of aliphatic hydroxyl groups excluding tert-OH is 1. The highest BCUT2D eigenvalue weighted by atomic mass is 16.6.